The lowest BCUT2D eigenvalue weighted by Gasteiger charge is -2.18. The average Bonchev–Trinajstić information content (AvgIpc) is 0.901. The Hall–Kier alpha value is -8.82. The maximum absolute atomic E-state index is 12.6. The second kappa shape index (κ2) is 71.9. The van der Waals surface area contributed by atoms with Gasteiger partial charge in [0.05, 0.1) is 79.3 Å². The van der Waals surface area contributed by atoms with E-state index < -0.39 is 119 Å². The first-order chi connectivity index (χ1) is 55.7. The van der Waals surface area contributed by atoms with E-state index in [1.54, 1.807) is 0 Å². The second-order valence-electron chi connectivity index (χ2n) is 20.5. The number of ether oxygens (including phenoxy) is 12. The van der Waals surface area contributed by atoms with Gasteiger partial charge in [-0.15, -0.1) is 0 Å². The maximum atomic E-state index is 12.6. The molecule has 48 nitrogen and oxygen atoms in total. The van der Waals surface area contributed by atoms with Crippen LogP contribution in [-0.4, -0.2) is 260 Å². The van der Waals surface area contributed by atoms with Gasteiger partial charge in [-0.05, 0) is 41.5 Å². The smallest absolute Gasteiger partial charge is 0.460 e. The molecule has 0 unspecified atom stereocenters. The van der Waals surface area contributed by atoms with Crippen LogP contribution in [0.25, 0.3) is 0 Å². The second-order valence-corrected chi connectivity index (χ2v) is 29.3. The Morgan fingerprint density at radius 1 is 0.208 bits per heavy atom. The van der Waals surface area contributed by atoms with E-state index in [1.807, 2.05) is 0 Å². The number of carbonyl (C=O) groups is 12. The molecule has 120 heavy (non-hydrogen) atoms. The third-order valence-electron chi connectivity index (χ3n) is 9.99. The van der Waals surface area contributed by atoms with Crippen molar-refractivity contribution in [2.75, 3.05) is 159 Å². The lowest BCUT2D eigenvalue weighted by molar-refractivity contribution is -0.141. The lowest BCUT2D eigenvalue weighted by atomic mass is 10.4. The highest BCUT2D eigenvalue weighted by molar-refractivity contribution is 7.49. The normalized spacial score (nSPS) is 10.7. The molecule has 0 bridgehead atoms. The van der Waals surface area contributed by atoms with Gasteiger partial charge in [0.25, 0.3) is 0 Å². The molecule has 0 heterocycles. The van der Waals surface area contributed by atoms with Crippen molar-refractivity contribution in [3.63, 3.8) is 0 Å². The minimum Gasteiger partial charge on any atom is -0.460 e. The molecule has 0 aliphatic carbocycles. The van der Waals surface area contributed by atoms with Gasteiger partial charge >= 0.3 is 119 Å². The molecule has 0 spiro atoms. The molecule has 54 heteroatoms. The highest BCUT2D eigenvalue weighted by atomic mass is 31.2. The quantitative estimate of drug-likeness (QED) is 0.0137. The van der Waals surface area contributed by atoms with Gasteiger partial charge < -0.3 is 86.2 Å². The van der Waals surface area contributed by atoms with E-state index in [4.69, 9.17) is 65.8 Å². The summed E-state index contributed by atoms with van der Waals surface area (Å²) in [7, 11) is -25.7. The first-order valence-corrected chi connectivity index (χ1v) is 42.1. The molecular formula is C66H102O48P6. The van der Waals surface area contributed by atoms with E-state index in [0.717, 1.165) is 36.5 Å². The van der Waals surface area contributed by atoms with Crippen LogP contribution in [-0.2, 0) is 196 Å². The standard InChI is InChI=1S/C18H27O10P.C15H21O10P.C12H19O8P.C10H15O8P.C6H11O6P.C5H9O6P/c1-13(2)16(19)23-7-10-26-29(22,27-11-8-24-17(20)14(3)4)28-12-9-25-18(21)15(5)6;1-4-13(16)20-7-10-23-26(19,24-11-8-21-14(17)5-2)25-12-9-22-15(18)6-3;1-9(2)11(13)17-5-7-19-21(15,16)20-8-6-18-12(14)10(3)4;1-3-9(11)15-5-7-17-19(13,14)18-8-6-16-10(12)4-2;1-5(2)6(7)11-3-4-12-13(8,9)10;1-2-5(6)10-3-4-11-12(7,8)9/h1,3,5,7-12H2,2,4,6H3;4-6H,1-3,7-12H2;1,3,5-8H2,2,4H3,(H,15,16);3-4H,1-2,5-8H2,(H,13,14);1,3-4H2,2H3,(H2,8,9,10);2H,1,3-4H2,(H2,7,8,9). The van der Waals surface area contributed by atoms with Crippen molar-refractivity contribution in [3.8, 4) is 0 Å². The molecule has 684 valence electrons. The Balaban J connectivity index is -0.000000333. The fourth-order valence-electron chi connectivity index (χ4n) is 4.87. The van der Waals surface area contributed by atoms with Gasteiger partial charge in [-0.3, -0.25) is 54.3 Å². The van der Waals surface area contributed by atoms with Crippen molar-refractivity contribution >= 4 is 119 Å². The highest BCUT2D eigenvalue weighted by Gasteiger charge is 2.30. The third-order valence-corrected chi connectivity index (χ3v) is 16.1. The average molecular weight is 1850 g/mol. The van der Waals surface area contributed by atoms with Crippen LogP contribution in [0.5, 0.6) is 0 Å². The molecule has 0 aromatic heterocycles. The van der Waals surface area contributed by atoms with E-state index in [9.17, 15) is 89.8 Å². The summed E-state index contributed by atoms with van der Waals surface area (Å²) in [6.45, 7) is 41.8. The van der Waals surface area contributed by atoms with Gasteiger partial charge in [0, 0.05) is 69.9 Å². The van der Waals surface area contributed by atoms with Gasteiger partial charge in [-0.25, -0.2) is 84.9 Å². The van der Waals surface area contributed by atoms with Crippen molar-refractivity contribution < 1.29 is 225 Å². The fraction of sp³-hybridized carbons (Fsp3) is 0.455. The molecule has 0 aromatic rings. The molecule has 0 amide bonds. The first-order valence-electron chi connectivity index (χ1n) is 33.1. The number of esters is 12. The molecule has 0 rings (SSSR count). The molecule has 0 fully saturated rings. The van der Waals surface area contributed by atoms with E-state index in [2.05, 4.69) is 149 Å². The molecule has 0 atom stereocenters. The van der Waals surface area contributed by atoms with Crippen LogP contribution < -0.4 is 0 Å². The van der Waals surface area contributed by atoms with Crippen LogP contribution in [0.2, 0.25) is 0 Å². The van der Waals surface area contributed by atoms with Crippen LogP contribution in [0.1, 0.15) is 41.5 Å². The maximum Gasteiger partial charge on any atom is 0.475 e. The summed E-state index contributed by atoms with van der Waals surface area (Å²) in [4.78, 5) is 182. The Bertz CT molecular complexity index is 3460. The SMILES string of the molecule is C=C(C)C(=O)OCCOP(=O)(O)O.C=C(C)C(=O)OCCOP(=O)(O)OCCOC(=O)C(=C)C.C=C(C)C(=O)OCCOP(=O)(OCCOC(=O)C(=C)C)OCCOC(=O)C(=C)C.C=CC(=O)OCCOP(=O)(O)O.C=CC(=O)OCCOP(=O)(O)OCCOC(=O)C=C.C=CC(=O)OCCOP(=O)(OCCOC(=O)C=C)OCCOC(=O)C=C. The Morgan fingerprint density at radius 2 is 0.325 bits per heavy atom. The summed E-state index contributed by atoms with van der Waals surface area (Å²) in [5, 5.41) is 0. The molecule has 0 aliphatic rings. The topological polar surface area (TPSA) is 650 Å². The monoisotopic (exact) mass is 1850 g/mol. The minimum absolute atomic E-state index is 0.194. The number of hydrogen-bond acceptors (Lipinski definition) is 42. The van der Waals surface area contributed by atoms with Crippen molar-refractivity contribution in [2.24, 2.45) is 0 Å². The highest BCUT2D eigenvalue weighted by Crippen LogP contribution is 2.50. The van der Waals surface area contributed by atoms with Crippen molar-refractivity contribution in [3.05, 3.63) is 149 Å². The largest absolute Gasteiger partial charge is 0.475 e. The molecule has 0 aromatic carbocycles. The molecule has 6 N–H and O–H groups in total. The van der Waals surface area contributed by atoms with E-state index in [1.165, 1.54) is 41.5 Å². The van der Waals surface area contributed by atoms with Crippen molar-refractivity contribution in [2.45, 2.75) is 41.5 Å². The van der Waals surface area contributed by atoms with Crippen molar-refractivity contribution in [1.82, 2.24) is 0 Å². The number of carbonyl (C=O) groups excluding carboxylic acids is 12. The number of rotatable bonds is 60. The zero-order valence-corrected chi connectivity index (χ0v) is 71.8. The van der Waals surface area contributed by atoms with Crippen LogP contribution >= 0.6 is 46.9 Å². The molecule has 0 saturated carbocycles. The Kier molecular flexibility index (Phi) is 73.1. The Labute approximate surface area is 690 Å². The predicted octanol–water partition coefficient (Wildman–Crippen LogP) is 5.81. The van der Waals surface area contributed by atoms with E-state index in [-0.39, 0.29) is 192 Å². The summed E-state index contributed by atoms with van der Waals surface area (Å²) in [5.74, 6) is -7.83. The fourth-order valence-corrected chi connectivity index (χ4v) is 9.10. The van der Waals surface area contributed by atoms with E-state index in [0.29, 0.717) is 0 Å². The molecule has 0 radical (unpaired) electrons. The summed E-state index contributed by atoms with van der Waals surface area (Å²) < 4.78 is 179. The van der Waals surface area contributed by atoms with Gasteiger partial charge in [0.15, 0.2) is 0 Å². The van der Waals surface area contributed by atoms with Crippen LogP contribution in [0.3, 0.4) is 0 Å². The Morgan fingerprint density at radius 3 is 0.442 bits per heavy atom. The summed E-state index contributed by atoms with van der Waals surface area (Å²) in [6, 6.07) is 0. The minimum atomic E-state index is -4.46. The van der Waals surface area contributed by atoms with Crippen LogP contribution in [0.4, 0.5) is 0 Å². The molecule has 0 saturated heterocycles. The predicted molar refractivity (Wildman–Crippen MR) is 412 cm³/mol. The number of phosphoric acid groups is 6. The number of hydrogen-bond donors (Lipinski definition) is 6. The lowest BCUT2D eigenvalue weighted by Crippen LogP contribution is -2.15. The summed E-state index contributed by atoms with van der Waals surface area (Å²) in [5.41, 5.74) is 1.21. The zero-order chi connectivity index (χ0) is 93.6. The van der Waals surface area contributed by atoms with Gasteiger partial charge in [-0.2, -0.15) is 0 Å². The van der Waals surface area contributed by atoms with Crippen molar-refractivity contribution in [1.29, 1.82) is 0 Å². The number of phosphoric ester groups is 6. The van der Waals surface area contributed by atoms with Crippen LogP contribution in [0.15, 0.2) is 149 Å². The molecular weight excluding hydrogens is 1750 g/mol. The molecule has 0 aliphatic heterocycles. The zero-order valence-electron chi connectivity index (χ0n) is 66.4. The van der Waals surface area contributed by atoms with Gasteiger partial charge in [0.2, 0.25) is 0 Å². The summed E-state index contributed by atoms with van der Waals surface area (Å²) >= 11 is 0. The third kappa shape index (κ3) is 84.2. The van der Waals surface area contributed by atoms with Gasteiger partial charge in [-0.1, -0.05) is 78.9 Å². The van der Waals surface area contributed by atoms with Crippen LogP contribution in [0, 0.1) is 0 Å². The van der Waals surface area contributed by atoms with E-state index >= 15 is 0 Å². The summed E-state index contributed by atoms with van der Waals surface area (Å²) in [6.07, 6.45) is 5.70. The first kappa shape index (κ1) is 122. The van der Waals surface area contributed by atoms with Gasteiger partial charge in [0.1, 0.15) is 79.3 Å².